The van der Waals surface area contributed by atoms with Gasteiger partial charge in [-0.2, -0.15) is 22.5 Å². The van der Waals surface area contributed by atoms with E-state index in [2.05, 4.69) is 10.1 Å². The van der Waals surface area contributed by atoms with Gasteiger partial charge >= 0.3 is 6.18 Å². The van der Waals surface area contributed by atoms with Gasteiger partial charge in [0.05, 0.1) is 10.5 Å². The normalized spacial score (nSPS) is 15.5. The molecule has 8 nitrogen and oxygen atoms in total. The quantitative estimate of drug-likeness (QED) is 0.588. The van der Waals surface area contributed by atoms with E-state index in [9.17, 15) is 26.4 Å². The van der Waals surface area contributed by atoms with Crippen LogP contribution in [0, 0.1) is 0 Å². The number of alkyl halides is 3. The van der Waals surface area contributed by atoms with Gasteiger partial charge in [0.15, 0.2) is 0 Å². The summed E-state index contributed by atoms with van der Waals surface area (Å²) in [5.74, 6) is -0.125. The maximum absolute atomic E-state index is 12.9. The van der Waals surface area contributed by atoms with Gasteiger partial charge in [0.1, 0.15) is 6.54 Å². The highest BCUT2D eigenvalue weighted by molar-refractivity contribution is 7.89. The third-order valence-electron chi connectivity index (χ3n) is 4.88. The van der Waals surface area contributed by atoms with Crippen LogP contribution in [-0.2, 0) is 22.7 Å². The van der Waals surface area contributed by atoms with Crippen LogP contribution in [0.4, 0.5) is 13.2 Å². The molecular formula is C19H17F3N4O4S. The summed E-state index contributed by atoms with van der Waals surface area (Å²) >= 11 is 0. The Kier molecular flexibility index (Phi) is 5.43. The van der Waals surface area contributed by atoms with Crippen LogP contribution in [0.15, 0.2) is 56.8 Å². The fourth-order valence-corrected chi connectivity index (χ4v) is 4.82. The first kappa shape index (κ1) is 21.2. The molecular weight excluding hydrogens is 437 g/mol. The minimum atomic E-state index is -4.52. The lowest BCUT2D eigenvalue weighted by Crippen LogP contribution is -2.29. The Balaban J connectivity index is 1.60. The van der Waals surface area contributed by atoms with Gasteiger partial charge in [-0.3, -0.25) is 4.79 Å². The fraction of sp³-hybridized carbons (Fsp3) is 0.316. The first-order valence-electron chi connectivity index (χ1n) is 9.35. The zero-order valence-electron chi connectivity index (χ0n) is 16.0. The van der Waals surface area contributed by atoms with Crippen molar-refractivity contribution in [2.45, 2.75) is 30.5 Å². The molecule has 1 aromatic carbocycles. The molecule has 0 aliphatic carbocycles. The second-order valence-electron chi connectivity index (χ2n) is 7.03. The van der Waals surface area contributed by atoms with Crippen LogP contribution in [0.5, 0.6) is 0 Å². The highest BCUT2D eigenvalue weighted by Crippen LogP contribution is 2.31. The van der Waals surface area contributed by atoms with E-state index in [0.29, 0.717) is 13.1 Å². The second kappa shape index (κ2) is 7.93. The van der Waals surface area contributed by atoms with Crippen molar-refractivity contribution in [3.63, 3.8) is 0 Å². The number of sulfonamides is 1. The van der Waals surface area contributed by atoms with E-state index in [1.165, 1.54) is 28.7 Å². The molecule has 0 unspecified atom stereocenters. The molecule has 2 aromatic heterocycles. The van der Waals surface area contributed by atoms with E-state index in [1.54, 1.807) is 0 Å². The van der Waals surface area contributed by atoms with Crippen molar-refractivity contribution < 1.29 is 26.1 Å². The van der Waals surface area contributed by atoms with Gasteiger partial charge in [0.25, 0.3) is 5.56 Å². The average molecular weight is 454 g/mol. The van der Waals surface area contributed by atoms with Crippen LogP contribution in [0.1, 0.15) is 24.3 Å². The lowest BCUT2D eigenvalue weighted by molar-refractivity contribution is -0.137. The van der Waals surface area contributed by atoms with Crippen molar-refractivity contribution in [3.05, 3.63) is 64.4 Å². The Labute approximate surface area is 175 Å². The molecule has 1 aliphatic heterocycles. The van der Waals surface area contributed by atoms with E-state index in [-0.39, 0.29) is 28.7 Å². The summed E-state index contributed by atoms with van der Waals surface area (Å²) in [6, 6.07) is 6.83. The van der Waals surface area contributed by atoms with Crippen molar-refractivity contribution in [2.75, 3.05) is 13.1 Å². The SMILES string of the molecule is O=c1ccc(S(=O)(=O)N2CCCC2)cn1Cc1nc(-c2cccc(C(F)(F)F)c2)no1. The zero-order chi connectivity index (χ0) is 22.2. The number of hydrogen-bond donors (Lipinski definition) is 0. The van der Waals surface area contributed by atoms with Crippen LogP contribution in [0.25, 0.3) is 11.4 Å². The van der Waals surface area contributed by atoms with Crippen molar-refractivity contribution in [1.82, 2.24) is 19.0 Å². The second-order valence-corrected chi connectivity index (χ2v) is 8.97. The molecule has 1 saturated heterocycles. The van der Waals surface area contributed by atoms with Gasteiger partial charge in [-0.15, -0.1) is 0 Å². The van der Waals surface area contributed by atoms with Gasteiger partial charge in [0.2, 0.25) is 21.7 Å². The molecule has 0 bridgehead atoms. The van der Waals surface area contributed by atoms with Crippen molar-refractivity contribution in [2.24, 2.45) is 0 Å². The topological polar surface area (TPSA) is 98.3 Å². The predicted octanol–water partition coefficient (Wildman–Crippen LogP) is 2.75. The van der Waals surface area contributed by atoms with Crippen molar-refractivity contribution in [1.29, 1.82) is 0 Å². The zero-order valence-corrected chi connectivity index (χ0v) is 16.9. The third-order valence-corrected chi connectivity index (χ3v) is 6.76. The molecule has 3 heterocycles. The summed E-state index contributed by atoms with van der Waals surface area (Å²) in [4.78, 5) is 16.2. The highest BCUT2D eigenvalue weighted by Gasteiger charge is 2.31. The van der Waals surface area contributed by atoms with Gasteiger partial charge < -0.3 is 9.09 Å². The Morgan fingerprint density at radius 2 is 1.84 bits per heavy atom. The predicted molar refractivity (Wildman–Crippen MR) is 103 cm³/mol. The van der Waals surface area contributed by atoms with Gasteiger partial charge in [-0.05, 0) is 31.0 Å². The van der Waals surface area contributed by atoms with Crippen LogP contribution in [0.3, 0.4) is 0 Å². The molecule has 0 radical (unpaired) electrons. The van der Waals surface area contributed by atoms with E-state index in [0.717, 1.165) is 35.6 Å². The Bertz CT molecular complexity index is 1260. The number of rotatable bonds is 5. The van der Waals surface area contributed by atoms with E-state index in [1.807, 2.05) is 0 Å². The lowest BCUT2D eigenvalue weighted by Gasteiger charge is -2.16. The van der Waals surface area contributed by atoms with E-state index >= 15 is 0 Å². The number of hydrogen-bond acceptors (Lipinski definition) is 6. The number of halogens is 3. The monoisotopic (exact) mass is 454 g/mol. The Morgan fingerprint density at radius 3 is 2.55 bits per heavy atom. The molecule has 0 spiro atoms. The van der Waals surface area contributed by atoms with Crippen LogP contribution >= 0.6 is 0 Å². The third kappa shape index (κ3) is 4.39. The van der Waals surface area contributed by atoms with Crippen LogP contribution in [-0.4, -0.2) is 40.5 Å². The molecule has 0 atom stereocenters. The minimum Gasteiger partial charge on any atom is -0.337 e. The van der Waals surface area contributed by atoms with E-state index < -0.39 is 27.3 Å². The maximum atomic E-state index is 12.9. The van der Waals surface area contributed by atoms with Crippen molar-refractivity contribution >= 4 is 10.0 Å². The number of nitrogens with zero attached hydrogens (tertiary/aromatic N) is 4. The molecule has 12 heteroatoms. The number of pyridine rings is 1. The Morgan fingerprint density at radius 1 is 1.10 bits per heavy atom. The van der Waals surface area contributed by atoms with Crippen LogP contribution < -0.4 is 5.56 Å². The lowest BCUT2D eigenvalue weighted by atomic mass is 10.1. The summed E-state index contributed by atoms with van der Waals surface area (Å²) in [5, 5.41) is 3.67. The van der Waals surface area contributed by atoms with Crippen molar-refractivity contribution in [3.8, 4) is 11.4 Å². The largest absolute Gasteiger partial charge is 0.416 e. The molecule has 0 N–H and O–H groups in total. The Hall–Kier alpha value is -2.99. The molecule has 0 saturated carbocycles. The van der Waals surface area contributed by atoms with Gasteiger partial charge in [-0.25, -0.2) is 8.42 Å². The maximum Gasteiger partial charge on any atom is 0.416 e. The fourth-order valence-electron chi connectivity index (χ4n) is 3.28. The summed E-state index contributed by atoms with van der Waals surface area (Å²) < 4.78 is 71.7. The molecule has 1 fully saturated rings. The molecule has 3 aromatic rings. The van der Waals surface area contributed by atoms with Crippen LogP contribution in [0.2, 0.25) is 0 Å². The summed E-state index contributed by atoms with van der Waals surface area (Å²) in [6.07, 6.45) is -1.76. The summed E-state index contributed by atoms with van der Waals surface area (Å²) in [7, 11) is -3.73. The first-order chi connectivity index (χ1) is 14.6. The molecule has 31 heavy (non-hydrogen) atoms. The number of aromatic nitrogens is 3. The first-order valence-corrected chi connectivity index (χ1v) is 10.8. The number of benzene rings is 1. The molecule has 4 rings (SSSR count). The highest BCUT2D eigenvalue weighted by atomic mass is 32.2. The smallest absolute Gasteiger partial charge is 0.337 e. The summed E-state index contributed by atoms with van der Waals surface area (Å²) in [6.45, 7) is 0.616. The van der Waals surface area contributed by atoms with Gasteiger partial charge in [0, 0.05) is 30.9 Å². The standard InChI is InChI=1S/C19H17F3N4O4S/c20-19(21,22)14-5-3-4-13(10-14)18-23-16(30-24-18)12-25-11-15(6-7-17(25)27)31(28,29)26-8-1-2-9-26/h3-7,10-11H,1-2,8-9,12H2. The molecule has 164 valence electrons. The average Bonchev–Trinajstić information content (AvgIpc) is 3.41. The summed E-state index contributed by atoms with van der Waals surface area (Å²) in [5.41, 5.74) is -1.24. The van der Waals surface area contributed by atoms with E-state index in [4.69, 9.17) is 4.52 Å². The van der Waals surface area contributed by atoms with Gasteiger partial charge in [-0.1, -0.05) is 17.3 Å². The molecule has 1 aliphatic rings. The molecule has 0 amide bonds. The minimum absolute atomic E-state index is 0.0355.